The van der Waals surface area contributed by atoms with Gasteiger partial charge in [-0.2, -0.15) is 0 Å². The first kappa shape index (κ1) is 27.3. The van der Waals surface area contributed by atoms with Crippen LogP contribution in [0.2, 0.25) is 0 Å². The molecule has 2 saturated heterocycles. The summed E-state index contributed by atoms with van der Waals surface area (Å²) in [5.41, 5.74) is 4.36. The van der Waals surface area contributed by atoms with Gasteiger partial charge in [-0.15, -0.1) is 0 Å². The van der Waals surface area contributed by atoms with E-state index in [-0.39, 0.29) is 11.3 Å². The molecule has 4 aromatic rings. The third-order valence-electron chi connectivity index (χ3n) is 9.05. The van der Waals surface area contributed by atoms with E-state index in [4.69, 9.17) is 4.98 Å². The molecular weight excluding hydrogens is 506 g/mol. The van der Waals surface area contributed by atoms with Gasteiger partial charge in [-0.3, -0.25) is 4.79 Å². The summed E-state index contributed by atoms with van der Waals surface area (Å²) in [5, 5.41) is 3.78. The summed E-state index contributed by atoms with van der Waals surface area (Å²) in [5.74, 6) is 1.12. The molecule has 1 amide bonds. The first-order valence-corrected chi connectivity index (χ1v) is 15.1. The van der Waals surface area contributed by atoms with Crippen molar-refractivity contribution >= 4 is 22.9 Å². The molecule has 1 unspecified atom stereocenters. The maximum Gasteiger partial charge on any atom is 0.253 e. The number of aromatic nitrogens is 2. The smallest absolute Gasteiger partial charge is 0.253 e. The van der Waals surface area contributed by atoms with Gasteiger partial charge in [0.1, 0.15) is 0 Å². The zero-order valence-electron chi connectivity index (χ0n) is 24.1. The summed E-state index contributed by atoms with van der Waals surface area (Å²) in [4.78, 5) is 22.9. The van der Waals surface area contributed by atoms with Crippen LogP contribution < -0.4 is 5.32 Å². The molecule has 0 spiro atoms. The number of nitrogens with one attached hydrogen (secondary N) is 1. The maximum absolute atomic E-state index is 13.3. The lowest BCUT2D eigenvalue weighted by molar-refractivity contribution is 0.0780. The number of nitrogens with zero attached hydrogens (tertiary/aromatic N) is 4. The van der Waals surface area contributed by atoms with Crippen LogP contribution in [0, 0.1) is 0 Å². The summed E-state index contributed by atoms with van der Waals surface area (Å²) >= 11 is 0. The van der Waals surface area contributed by atoms with Crippen LogP contribution in [0.4, 0.5) is 5.95 Å². The van der Waals surface area contributed by atoms with Crippen LogP contribution in [0.5, 0.6) is 0 Å². The Hall–Kier alpha value is -3.90. The van der Waals surface area contributed by atoms with Gasteiger partial charge >= 0.3 is 0 Å². The van der Waals surface area contributed by atoms with Gasteiger partial charge in [0.2, 0.25) is 5.95 Å². The van der Waals surface area contributed by atoms with Gasteiger partial charge < -0.3 is 19.7 Å². The van der Waals surface area contributed by atoms with E-state index in [0.29, 0.717) is 6.04 Å². The summed E-state index contributed by atoms with van der Waals surface area (Å²) in [6, 6.07) is 29.4. The van der Waals surface area contributed by atoms with Crippen molar-refractivity contribution in [2.45, 2.75) is 50.6 Å². The van der Waals surface area contributed by atoms with Crippen molar-refractivity contribution in [2.75, 3.05) is 38.0 Å². The molecule has 2 aliphatic rings. The van der Waals surface area contributed by atoms with Gasteiger partial charge in [-0.05, 0) is 69.0 Å². The molecule has 3 aromatic carbocycles. The molecule has 1 N–H and O–H groups in total. The first-order valence-electron chi connectivity index (χ1n) is 15.1. The number of amides is 1. The van der Waals surface area contributed by atoms with E-state index in [0.717, 1.165) is 82.0 Å². The second-order valence-corrected chi connectivity index (χ2v) is 11.6. The van der Waals surface area contributed by atoms with Crippen LogP contribution in [0.15, 0.2) is 97.1 Å². The molecule has 41 heavy (non-hydrogen) atoms. The summed E-state index contributed by atoms with van der Waals surface area (Å²) < 4.78 is 2.29. The van der Waals surface area contributed by atoms with Crippen LogP contribution in [0.25, 0.3) is 11.0 Å². The van der Waals surface area contributed by atoms with Crippen LogP contribution in [0.3, 0.4) is 0 Å². The molecule has 6 rings (SSSR count). The predicted octanol–water partition coefficient (Wildman–Crippen LogP) is 6.36. The van der Waals surface area contributed by atoms with E-state index in [9.17, 15) is 4.79 Å². The van der Waals surface area contributed by atoms with Gasteiger partial charge in [-0.1, -0.05) is 72.8 Å². The number of fused-ring (bicyclic) bond motifs is 1. The standard InChI is InChI=1S/C35H41N5O/c1-2-3-22-40-32-17-11-10-16-31(32)37-34(40)36-30-18-23-38(24-19-30)25-20-35(29-14-8-5-9-15-29)21-26-39(27-35)33(41)28-12-6-4-7-13-28/h2-17,30H,18-27H2,1H3,(H,36,37). The number of benzene rings is 3. The Morgan fingerprint density at radius 3 is 2.41 bits per heavy atom. The van der Waals surface area contributed by atoms with E-state index >= 15 is 0 Å². The highest BCUT2D eigenvalue weighted by Crippen LogP contribution is 2.39. The number of allylic oxidation sites excluding steroid dienone is 2. The molecule has 2 aliphatic heterocycles. The van der Waals surface area contributed by atoms with Gasteiger partial charge in [0.05, 0.1) is 11.0 Å². The number of likely N-dealkylation sites (tertiary alicyclic amines) is 2. The average molecular weight is 548 g/mol. The van der Waals surface area contributed by atoms with Crippen molar-refractivity contribution in [1.29, 1.82) is 0 Å². The second-order valence-electron chi connectivity index (χ2n) is 11.6. The SMILES string of the molecule is CC=CCn1c(NC2CCN(CCC3(c4ccccc4)CCN(C(=O)c4ccccc4)C3)CC2)nc2ccccc21. The minimum atomic E-state index is -0.00154. The van der Waals surface area contributed by atoms with E-state index in [1.807, 2.05) is 30.3 Å². The van der Waals surface area contributed by atoms with E-state index in [1.165, 1.54) is 11.1 Å². The molecule has 0 aliphatic carbocycles. The van der Waals surface area contributed by atoms with Crippen LogP contribution >= 0.6 is 0 Å². The number of anilines is 1. The van der Waals surface area contributed by atoms with Gasteiger partial charge in [0, 0.05) is 49.7 Å². The molecule has 212 valence electrons. The number of hydrogen-bond donors (Lipinski definition) is 1. The number of hydrogen-bond acceptors (Lipinski definition) is 4. The van der Waals surface area contributed by atoms with Gasteiger partial charge in [0.15, 0.2) is 0 Å². The lowest BCUT2D eigenvalue weighted by atomic mass is 9.76. The van der Waals surface area contributed by atoms with Crippen molar-refractivity contribution in [3.8, 4) is 0 Å². The summed E-state index contributed by atoms with van der Waals surface area (Å²) in [6.45, 7) is 7.68. The maximum atomic E-state index is 13.3. The monoisotopic (exact) mass is 547 g/mol. The number of piperidine rings is 1. The highest BCUT2D eigenvalue weighted by atomic mass is 16.2. The first-order chi connectivity index (χ1) is 20.1. The molecule has 6 heteroatoms. The average Bonchev–Trinajstić information content (AvgIpc) is 3.62. The Morgan fingerprint density at radius 2 is 1.66 bits per heavy atom. The second kappa shape index (κ2) is 12.3. The molecule has 3 heterocycles. The topological polar surface area (TPSA) is 53.4 Å². The third kappa shape index (κ3) is 5.94. The quantitative estimate of drug-likeness (QED) is 0.248. The van der Waals surface area contributed by atoms with Crippen molar-refractivity contribution in [2.24, 2.45) is 0 Å². The predicted molar refractivity (Wildman–Crippen MR) is 167 cm³/mol. The fourth-order valence-electron chi connectivity index (χ4n) is 6.62. The lowest BCUT2D eigenvalue weighted by Gasteiger charge is -2.36. The van der Waals surface area contributed by atoms with E-state index in [1.54, 1.807) is 0 Å². The highest BCUT2D eigenvalue weighted by Gasteiger charge is 2.41. The van der Waals surface area contributed by atoms with E-state index < -0.39 is 0 Å². The lowest BCUT2D eigenvalue weighted by Crippen LogP contribution is -2.42. The molecule has 0 radical (unpaired) electrons. The summed E-state index contributed by atoms with van der Waals surface area (Å²) in [6.07, 6.45) is 8.55. The van der Waals surface area contributed by atoms with Gasteiger partial charge in [0.25, 0.3) is 5.91 Å². The normalized spacial score (nSPS) is 20.3. The molecule has 0 saturated carbocycles. The Balaban J connectivity index is 1.09. The molecule has 1 atom stereocenters. The Labute approximate surface area is 243 Å². The fraction of sp³-hybridized carbons (Fsp3) is 0.371. The minimum Gasteiger partial charge on any atom is -0.353 e. The minimum absolute atomic E-state index is 0.00154. The van der Waals surface area contributed by atoms with Crippen LogP contribution in [-0.4, -0.2) is 64.0 Å². The number of carbonyl (C=O) groups is 1. The molecule has 6 nitrogen and oxygen atoms in total. The largest absolute Gasteiger partial charge is 0.353 e. The van der Waals surface area contributed by atoms with Crippen molar-refractivity contribution < 1.29 is 4.79 Å². The number of para-hydroxylation sites is 2. The van der Waals surface area contributed by atoms with Crippen LogP contribution in [0.1, 0.15) is 48.5 Å². The molecule has 0 bridgehead atoms. The zero-order valence-corrected chi connectivity index (χ0v) is 24.1. The van der Waals surface area contributed by atoms with Crippen LogP contribution in [-0.2, 0) is 12.0 Å². The number of imidazole rings is 1. The Morgan fingerprint density at radius 1 is 0.951 bits per heavy atom. The molecule has 2 fully saturated rings. The summed E-state index contributed by atoms with van der Waals surface area (Å²) in [7, 11) is 0. The Kier molecular flexibility index (Phi) is 8.19. The number of rotatable bonds is 9. The third-order valence-corrected chi connectivity index (χ3v) is 9.05. The molecular formula is C35H41N5O. The number of carbonyl (C=O) groups excluding carboxylic acids is 1. The fourth-order valence-corrected chi connectivity index (χ4v) is 6.62. The highest BCUT2D eigenvalue weighted by molar-refractivity contribution is 5.94. The molecule has 1 aromatic heterocycles. The Bertz CT molecular complexity index is 1470. The van der Waals surface area contributed by atoms with Crippen molar-refractivity contribution in [1.82, 2.24) is 19.4 Å². The van der Waals surface area contributed by atoms with Gasteiger partial charge in [-0.25, -0.2) is 4.98 Å². The van der Waals surface area contributed by atoms with Crippen molar-refractivity contribution in [3.05, 3.63) is 108 Å². The van der Waals surface area contributed by atoms with E-state index in [2.05, 4.69) is 93.4 Å². The van der Waals surface area contributed by atoms with Crippen molar-refractivity contribution in [3.63, 3.8) is 0 Å². The zero-order chi connectivity index (χ0) is 28.1.